The van der Waals surface area contributed by atoms with Crippen molar-refractivity contribution >= 4 is 5.97 Å². The molecule has 0 spiro atoms. The van der Waals surface area contributed by atoms with Gasteiger partial charge in [-0.1, -0.05) is 13.8 Å². The van der Waals surface area contributed by atoms with Gasteiger partial charge < -0.3 is 23.7 Å². The summed E-state index contributed by atoms with van der Waals surface area (Å²) in [4.78, 5) is 12.2. The van der Waals surface area contributed by atoms with Crippen molar-refractivity contribution in [1.29, 1.82) is 0 Å². The zero-order valence-electron chi connectivity index (χ0n) is 14.1. The van der Waals surface area contributed by atoms with E-state index in [1.807, 2.05) is 27.7 Å². The van der Waals surface area contributed by atoms with E-state index in [0.717, 1.165) is 6.42 Å². The number of rotatable bonds is 11. The molecule has 0 N–H and O–H groups in total. The van der Waals surface area contributed by atoms with Crippen molar-refractivity contribution in [3.8, 4) is 0 Å². The van der Waals surface area contributed by atoms with E-state index < -0.39 is 11.2 Å². The van der Waals surface area contributed by atoms with Crippen molar-refractivity contribution in [1.82, 2.24) is 0 Å². The summed E-state index contributed by atoms with van der Waals surface area (Å²) in [6.45, 7) is 10.1. The van der Waals surface area contributed by atoms with Gasteiger partial charge in [-0.15, -0.1) is 0 Å². The van der Waals surface area contributed by atoms with Gasteiger partial charge in [0.05, 0.1) is 31.8 Å². The standard InChI is InChI=1S/C16H28O6/c1-5-15(3,4)14(17)20-11-16(6-2,21-9-12-7-18-12)22-10-13-8-19-13/h12-13H,5-11H2,1-4H3. The van der Waals surface area contributed by atoms with Crippen LogP contribution in [0.1, 0.15) is 40.5 Å². The maximum Gasteiger partial charge on any atom is 0.311 e. The molecule has 0 aromatic carbocycles. The summed E-state index contributed by atoms with van der Waals surface area (Å²) in [7, 11) is 0. The van der Waals surface area contributed by atoms with Gasteiger partial charge in [-0.3, -0.25) is 4.79 Å². The monoisotopic (exact) mass is 316 g/mol. The van der Waals surface area contributed by atoms with Crippen LogP contribution in [0.2, 0.25) is 0 Å². The summed E-state index contributed by atoms with van der Waals surface area (Å²) >= 11 is 0. The van der Waals surface area contributed by atoms with E-state index in [1.165, 1.54) is 0 Å². The third-order valence-corrected chi connectivity index (χ3v) is 4.27. The van der Waals surface area contributed by atoms with Gasteiger partial charge in [0.15, 0.2) is 0 Å². The second-order valence-electron chi connectivity index (χ2n) is 6.61. The average molecular weight is 316 g/mol. The number of epoxide rings is 2. The average Bonchev–Trinajstić information content (AvgIpc) is 3.40. The molecule has 2 heterocycles. The number of ether oxygens (including phenoxy) is 5. The minimum atomic E-state index is -0.919. The first-order chi connectivity index (χ1) is 10.4. The molecule has 22 heavy (non-hydrogen) atoms. The van der Waals surface area contributed by atoms with Crippen LogP contribution in [0, 0.1) is 5.41 Å². The van der Waals surface area contributed by atoms with Crippen molar-refractivity contribution in [2.45, 2.75) is 58.5 Å². The van der Waals surface area contributed by atoms with E-state index in [1.54, 1.807) is 0 Å². The van der Waals surface area contributed by atoms with E-state index in [4.69, 9.17) is 23.7 Å². The number of carbonyl (C=O) groups excluding carboxylic acids is 1. The first-order valence-corrected chi connectivity index (χ1v) is 8.09. The Morgan fingerprint density at radius 2 is 1.55 bits per heavy atom. The predicted octanol–water partition coefficient (Wildman–Crippen LogP) is 1.90. The van der Waals surface area contributed by atoms with Crippen LogP contribution >= 0.6 is 0 Å². The SMILES string of the molecule is CCC(COC(=O)C(C)(C)CC)(OCC1CO1)OCC1CO1. The van der Waals surface area contributed by atoms with Crippen molar-refractivity contribution in [3.05, 3.63) is 0 Å². The van der Waals surface area contributed by atoms with Gasteiger partial charge in [-0.2, -0.15) is 0 Å². The maximum atomic E-state index is 12.2. The van der Waals surface area contributed by atoms with Crippen LogP contribution < -0.4 is 0 Å². The number of hydrogen-bond donors (Lipinski definition) is 0. The van der Waals surface area contributed by atoms with Gasteiger partial charge in [-0.05, 0) is 20.3 Å². The van der Waals surface area contributed by atoms with Gasteiger partial charge in [0.25, 0.3) is 0 Å². The third kappa shape index (κ3) is 5.19. The Bertz CT molecular complexity index is 357. The Kier molecular flexibility index (Phi) is 5.82. The Hall–Kier alpha value is -0.690. The Morgan fingerprint density at radius 1 is 1.05 bits per heavy atom. The molecule has 0 saturated carbocycles. The second kappa shape index (κ2) is 7.25. The molecule has 0 bridgehead atoms. The lowest BCUT2D eigenvalue weighted by Crippen LogP contribution is -2.44. The highest BCUT2D eigenvalue weighted by Crippen LogP contribution is 2.27. The lowest BCUT2D eigenvalue weighted by Gasteiger charge is -2.33. The molecule has 0 radical (unpaired) electrons. The Labute approximate surface area is 132 Å². The zero-order valence-corrected chi connectivity index (χ0v) is 14.1. The van der Waals surface area contributed by atoms with Crippen molar-refractivity contribution in [2.24, 2.45) is 5.41 Å². The zero-order chi connectivity index (χ0) is 16.2. The number of carbonyl (C=O) groups is 1. The molecule has 2 fully saturated rings. The molecule has 6 heteroatoms. The van der Waals surface area contributed by atoms with Crippen LogP contribution in [0.4, 0.5) is 0 Å². The quantitative estimate of drug-likeness (QED) is 0.329. The normalized spacial score (nSPS) is 26.4. The topological polar surface area (TPSA) is 69.8 Å². The summed E-state index contributed by atoms with van der Waals surface area (Å²) in [5.74, 6) is -1.15. The highest BCUT2D eigenvalue weighted by molar-refractivity contribution is 5.75. The van der Waals surface area contributed by atoms with Gasteiger partial charge in [0.2, 0.25) is 5.79 Å². The van der Waals surface area contributed by atoms with Crippen molar-refractivity contribution < 1.29 is 28.5 Å². The number of esters is 1. The first kappa shape index (κ1) is 17.7. The van der Waals surface area contributed by atoms with Gasteiger partial charge in [-0.25, -0.2) is 0 Å². The molecule has 0 amide bonds. The van der Waals surface area contributed by atoms with E-state index in [2.05, 4.69) is 0 Å². The summed E-state index contributed by atoms with van der Waals surface area (Å²) in [5.41, 5.74) is -0.501. The molecule has 2 saturated heterocycles. The van der Waals surface area contributed by atoms with Crippen molar-refractivity contribution in [3.63, 3.8) is 0 Å². The summed E-state index contributed by atoms with van der Waals surface area (Å²) in [6.07, 6.45) is 1.58. The molecular formula is C16H28O6. The smallest absolute Gasteiger partial charge is 0.311 e. The fourth-order valence-electron chi connectivity index (χ4n) is 1.76. The van der Waals surface area contributed by atoms with E-state index in [-0.39, 0.29) is 24.8 Å². The highest BCUT2D eigenvalue weighted by Gasteiger charge is 2.39. The van der Waals surface area contributed by atoms with E-state index in [9.17, 15) is 4.79 Å². The van der Waals surface area contributed by atoms with Crippen LogP contribution in [-0.2, 0) is 28.5 Å². The molecule has 0 aromatic heterocycles. The highest BCUT2D eigenvalue weighted by atomic mass is 16.7. The lowest BCUT2D eigenvalue weighted by molar-refractivity contribution is -0.264. The summed E-state index contributed by atoms with van der Waals surface area (Å²) in [6, 6.07) is 0. The second-order valence-corrected chi connectivity index (χ2v) is 6.61. The number of hydrogen-bond acceptors (Lipinski definition) is 6. The molecule has 0 aliphatic carbocycles. The largest absolute Gasteiger partial charge is 0.460 e. The van der Waals surface area contributed by atoms with Gasteiger partial charge >= 0.3 is 5.97 Å². The predicted molar refractivity (Wildman–Crippen MR) is 79.4 cm³/mol. The molecule has 6 nitrogen and oxygen atoms in total. The molecule has 2 atom stereocenters. The Balaban J connectivity index is 1.89. The minimum Gasteiger partial charge on any atom is -0.460 e. The van der Waals surface area contributed by atoms with E-state index in [0.29, 0.717) is 32.8 Å². The molecule has 2 aliphatic heterocycles. The van der Waals surface area contributed by atoms with Gasteiger partial charge in [0.1, 0.15) is 18.8 Å². The van der Waals surface area contributed by atoms with E-state index >= 15 is 0 Å². The lowest BCUT2D eigenvalue weighted by atomic mass is 9.91. The van der Waals surface area contributed by atoms with Crippen LogP contribution in [0.15, 0.2) is 0 Å². The minimum absolute atomic E-state index is 0.0885. The van der Waals surface area contributed by atoms with Crippen LogP contribution in [0.5, 0.6) is 0 Å². The molecule has 128 valence electrons. The molecule has 0 aromatic rings. The molecule has 2 aliphatic rings. The Morgan fingerprint density at radius 3 is 1.91 bits per heavy atom. The molecule has 2 rings (SSSR count). The van der Waals surface area contributed by atoms with Gasteiger partial charge in [0, 0.05) is 6.42 Å². The summed E-state index contributed by atoms with van der Waals surface area (Å²) < 4.78 is 27.6. The summed E-state index contributed by atoms with van der Waals surface area (Å²) in [5, 5.41) is 0. The fourth-order valence-corrected chi connectivity index (χ4v) is 1.76. The van der Waals surface area contributed by atoms with Crippen molar-refractivity contribution in [2.75, 3.05) is 33.0 Å². The fraction of sp³-hybridized carbons (Fsp3) is 0.938. The van der Waals surface area contributed by atoms with Crippen LogP contribution in [0.3, 0.4) is 0 Å². The first-order valence-electron chi connectivity index (χ1n) is 8.09. The van der Waals surface area contributed by atoms with Crippen LogP contribution in [-0.4, -0.2) is 57.0 Å². The van der Waals surface area contributed by atoms with Crippen LogP contribution in [0.25, 0.3) is 0 Å². The molecule has 2 unspecified atom stereocenters. The molecular weight excluding hydrogens is 288 g/mol. The third-order valence-electron chi connectivity index (χ3n) is 4.27. The maximum absolute atomic E-state index is 12.2.